The van der Waals surface area contributed by atoms with E-state index in [1.165, 1.54) is 22.5 Å². The molecule has 1 aromatic carbocycles. The molecule has 2 aromatic rings. The zero-order valence-corrected chi connectivity index (χ0v) is 13.3. The van der Waals surface area contributed by atoms with Crippen molar-refractivity contribution < 1.29 is 0 Å². The van der Waals surface area contributed by atoms with Gasteiger partial charge in [-0.15, -0.1) is 22.9 Å². The Labute approximate surface area is 124 Å². The lowest BCUT2D eigenvalue weighted by Gasteiger charge is -2.12. The van der Waals surface area contributed by atoms with Crippen LogP contribution in [0.2, 0.25) is 4.34 Å². The van der Waals surface area contributed by atoms with Crippen LogP contribution in [0.5, 0.6) is 0 Å². The van der Waals surface area contributed by atoms with E-state index in [0.29, 0.717) is 0 Å². The average molecular weight is 350 g/mol. The molecule has 0 aliphatic heterocycles. The van der Waals surface area contributed by atoms with Crippen LogP contribution in [0.3, 0.4) is 0 Å². The highest BCUT2D eigenvalue weighted by atomic mass is 79.9. The standard InChI is InChI=1S/C13H11BrCl2S/c1-7-3-4-8(2)9(5-7)12(15)11-6-10(14)13(16)17-11/h3-6,12H,1-2H3. The molecule has 0 radical (unpaired) electrons. The van der Waals surface area contributed by atoms with Crippen molar-refractivity contribution in [3.05, 3.63) is 54.6 Å². The van der Waals surface area contributed by atoms with Crippen molar-refractivity contribution in [3.63, 3.8) is 0 Å². The summed E-state index contributed by atoms with van der Waals surface area (Å²) in [6, 6.07) is 8.32. The van der Waals surface area contributed by atoms with Gasteiger partial charge >= 0.3 is 0 Å². The van der Waals surface area contributed by atoms with Gasteiger partial charge in [-0.05, 0) is 47.0 Å². The van der Waals surface area contributed by atoms with Crippen molar-refractivity contribution in [3.8, 4) is 0 Å². The molecule has 1 aromatic heterocycles. The van der Waals surface area contributed by atoms with Crippen molar-refractivity contribution >= 4 is 50.5 Å². The van der Waals surface area contributed by atoms with Crippen LogP contribution in [0.1, 0.15) is 26.9 Å². The van der Waals surface area contributed by atoms with Gasteiger partial charge in [-0.1, -0.05) is 35.4 Å². The van der Waals surface area contributed by atoms with Gasteiger partial charge in [0.25, 0.3) is 0 Å². The predicted molar refractivity (Wildman–Crippen MR) is 80.6 cm³/mol. The van der Waals surface area contributed by atoms with Gasteiger partial charge in [-0.3, -0.25) is 0 Å². The summed E-state index contributed by atoms with van der Waals surface area (Å²) >= 11 is 17.5. The summed E-state index contributed by atoms with van der Waals surface area (Å²) in [4.78, 5) is 1.07. The molecule has 0 spiro atoms. The SMILES string of the molecule is Cc1ccc(C)c(C(Cl)c2cc(Br)c(Cl)s2)c1. The van der Waals surface area contributed by atoms with Gasteiger partial charge in [-0.25, -0.2) is 0 Å². The highest BCUT2D eigenvalue weighted by Crippen LogP contribution is 2.41. The van der Waals surface area contributed by atoms with Crippen LogP contribution in [0.15, 0.2) is 28.7 Å². The van der Waals surface area contributed by atoms with Crippen molar-refractivity contribution in [2.24, 2.45) is 0 Å². The molecule has 0 amide bonds. The first-order valence-electron chi connectivity index (χ1n) is 5.15. The minimum atomic E-state index is -0.135. The highest BCUT2D eigenvalue weighted by molar-refractivity contribution is 9.10. The summed E-state index contributed by atoms with van der Waals surface area (Å²) in [6.45, 7) is 4.15. The van der Waals surface area contributed by atoms with E-state index in [9.17, 15) is 0 Å². The van der Waals surface area contributed by atoms with Gasteiger partial charge in [0.1, 0.15) is 4.34 Å². The van der Waals surface area contributed by atoms with Crippen LogP contribution in [0.25, 0.3) is 0 Å². The lowest BCUT2D eigenvalue weighted by atomic mass is 10.0. The van der Waals surface area contributed by atoms with Crippen LogP contribution >= 0.6 is 50.5 Å². The van der Waals surface area contributed by atoms with E-state index in [1.807, 2.05) is 6.07 Å². The molecular weight excluding hydrogens is 339 g/mol. The molecule has 0 aliphatic carbocycles. The van der Waals surface area contributed by atoms with Gasteiger partial charge in [0.15, 0.2) is 0 Å². The topological polar surface area (TPSA) is 0 Å². The van der Waals surface area contributed by atoms with Gasteiger partial charge in [0, 0.05) is 9.35 Å². The third-order valence-corrected chi connectivity index (χ3v) is 5.76. The van der Waals surface area contributed by atoms with E-state index in [1.54, 1.807) is 0 Å². The molecule has 0 saturated carbocycles. The maximum atomic E-state index is 6.53. The van der Waals surface area contributed by atoms with Crippen molar-refractivity contribution in [2.45, 2.75) is 19.2 Å². The first-order valence-corrected chi connectivity index (χ1v) is 7.57. The third-order valence-electron chi connectivity index (χ3n) is 2.62. The zero-order valence-electron chi connectivity index (χ0n) is 9.43. The Kier molecular flexibility index (Phi) is 4.19. The number of benzene rings is 1. The minimum Gasteiger partial charge on any atom is -0.125 e. The number of alkyl halides is 1. The molecule has 0 fully saturated rings. The molecule has 2 rings (SSSR count). The first-order chi connectivity index (χ1) is 7.99. The summed E-state index contributed by atoms with van der Waals surface area (Å²) in [5.74, 6) is 0. The fourth-order valence-electron chi connectivity index (χ4n) is 1.67. The summed E-state index contributed by atoms with van der Waals surface area (Å²) in [7, 11) is 0. The Bertz CT molecular complexity index is 529. The van der Waals surface area contributed by atoms with E-state index in [0.717, 1.165) is 19.2 Å². The summed E-state index contributed by atoms with van der Waals surface area (Å²) in [5, 5.41) is -0.135. The second-order valence-electron chi connectivity index (χ2n) is 3.99. The van der Waals surface area contributed by atoms with Crippen LogP contribution in [0, 0.1) is 13.8 Å². The second kappa shape index (κ2) is 5.31. The number of aryl methyl sites for hydroxylation is 2. The Morgan fingerprint density at radius 2 is 1.94 bits per heavy atom. The molecule has 1 heterocycles. The molecule has 0 saturated heterocycles. The Hall–Kier alpha value is -0.0200. The monoisotopic (exact) mass is 348 g/mol. The molecule has 0 aliphatic rings. The molecule has 1 atom stereocenters. The lowest BCUT2D eigenvalue weighted by Crippen LogP contribution is -1.94. The number of halogens is 3. The van der Waals surface area contributed by atoms with Gasteiger partial charge < -0.3 is 0 Å². The molecule has 0 N–H and O–H groups in total. The minimum absolute atomic E-state index is 0.135. The number of hydrogen-bond acceptors (Lipinski definition) is 1. The smallest absolute Gasteiger partial charge is 0.107 e. The van der Waals surface area contributed by atoms with Crippen molar-refractivity contribution in [2.75, 3.05) is 0 Å². The quantitative estimate of drug-likeness (QED) is 0.574. The summed E-state index contributed by atoms with van der Waals surface area (Å²) in [5.41, 5.74) is 3.58. The third kappa shape index (κ3) is 2.87. The van der Waals surface area contributed by atoms with Gasteiger partial charge in [0.2, 0.25) is 0 Å². The normalized spacial score (nSPS) is 12.8. The van der Waals surface area contributed by atoms with Crippen LogP contribution in [-0.2, 0) is 0 Å². The van der Waals surface area contributed by atoms with Crippen LogP contribution in [0.4, 0.5) is 0 Å². The fraction of sp³-hybridized carbons (Fsp3) is 0.231. The summed E-state index contributed by atoms with van der Waals surface area (Å²) in [6.07, 6.45) is 0. The molecule has 4 heteroatoms. The van der Waals surface area contributed by atoms with E-state index >= 15 is 0 Å². The van der Waals surface area contributed by atoms with E-state index in [4.69, 9.17) is 23.2 Å². The molecule has 1 unspecified atom stereocenters. The average Bonchev–Trinajstić information content (AvgIpc) is 2.62. The number of thiophene rings is 1. The van der Waals surface area contributed by atoms with Gasteiger partial charge in [0.05, 0.1) is 5.38 Å². The number of hydrogen-bond donors (Lipinski definition) is 0. The first kappa shape index (κ1) is 13.4. The predicted octanol–water partition coefficient (Wildman–Crippen LogP) is 6.11. The van der Waals surface area contributed by atoms with Gasteiger partial charge in [-0.2, -0.15) is 0 Å². The Morgan fingerprint density at radius 1 is 1.24 bits per heavy atom. The van der Waals surface area contributed by atoms with Crippen molar-refractivity contribution in [1.82, 2.24) is 0 Å². The zero-order chi connectivity index (χ0) is 12.6. The Morgan fingerprint density at radius 3 is 2.53 bits per heavy atom. The van der Waals surface area contributed by atoms with Crippen molar-refractivity contribution in [1.29, 1.82) is 0 Å². The largest absolute Gasteiger partial charge is 0.125 e. The van der Waals surface area contributed by atoms with Crippen LogP contribution in [-0.4, -0.2) is 0 Å². The summed E-state index contributed by atoms with van der Waals surface area (Å²) < 4.78 is 1.66. The molecule has 90 valence electrons. The number of rotatable bonds is 2. The fourth-order valence-corrected chi connectivity index (χ4v) is 3.84. The maximum absolute atomic E-state index is 6.53. The Balaban J connectivity index is 2.42. The maximum Gasteiger partial charge on any atom is 0.107 e. The highest BCUT2D eigenvalue weighted by Gasteiger charge is 2.17. The van der Waals surface area contributed by atoms with E-state index < -0.39 is 0 Å². The molecular formula is C13H11BrCl2S. The molecule has 0 bridgehead atoms. The van der Waals surface area contributed by atoms with E-state index in [-0.39, 0.29) is 5.38 Å². The molecule has 17 heavy (non-hydrogen) atoms. The van der Waals surface area contributed by atoms with E-state index in [2.05, 4.69) is 48.0 Å². The van der Waals surface area contributed by atoms with Crippen LogP contribution < -0.4 is 0 Å². The second-order valence-corrected chi connectivity index (χ2v) is 6.97. The lowest BCUT2D eigenvalue weighted by molar-refractivity contribution is 1.13. The molecule has 0 nitrogen and oxygen atoms in total.